The maximum atomic E-state index is 12.4. The highest BCUT2D eigenvalue weighted by Gasteiger charge is 2.23. The summed E-state index contributed by atoms with van der Waals surface area (Å²) in [4.78, 5) is 28.1. The number of aromatic amines is 1. The van der Waals surface area contributed by atoms with Crippen molar-refractivity contribution in [1.29, 1.82) is 0 Å². The first kappa shape index (κ1) is 15.3. The van der Waals surface area contributed by atoms with Crippen LogP contribution < -0.4 is 10.9 Å². The maximum Gasteiger partial charge on any atom is 0.262 e. The smallest absolute Gasteiger partial charge is 0.262 e. The summed E-state index contributed by atoms with van der Waals surface area (Å²) in [6.45, 7) is 2.62. The molecule has 110 valence electrons. The predicted molar refractivity (Wildman–Crippen MR) is 81.9 cm³/mol. The second kappa shape index (κ2) is 7.04. The molecule has 6 heteroatoms. The summed E-state index contributed by atoms with van der Waals surface area (Å²) in [5.74, 6) is 0.697. The molecule has 2 N–H and O–H groups in total. The molecule has 2 rings (SSSR count). The molecular weight excluding hydrogens is 322 g/mol. The van der Waals surface area contributed by atoms with Gasteiger partial charge in [-0.2, -0.15) is 0 Å². The van der Waals surface area contributed by atoms with E-state index in [1.165, 1.54) is 12.6 Å². The molecule has 0 unspecified atom stereocenters. The van der Waals surface area contributed by atoms with Crippen molar-refractivity contribution in [2.45, 2.75) is 19.3 Å². The summed E-state index contributed by atoms with van der Waals surface area (Å²) in [6.07, 6.45) is 4.77. The third kappa shape index (κ3) is 3.70. The minimum Gasteiger partial charge on any atom is -0.339 e. The number of aromatic nitrogens is 1. The van der Waals surface area contributed by atoms with Crippen molar-refractivity contribution < 1.29 is 4.79 Å². The number of carbonyl (C=O) groups is 1. The molecule has 0 radical (unpaired) electrons. The number of carbonyl (C=O) groups excluding carboxylic acids is 1. The minimum atomic E-state index is -0.215. The average Bonchev–Trinajstić information content (AvgIpc) is 2.48. The zero-order valence-electron chi connectivity index (χ0n) is 11.6. The van der Waals surface area contributed by atoms with Crippen LogP contribution in [0.5, 0.6) is 0 Å². The van der Waals surface area contributed by atoms with Crippen LogP contribution in [0.3, 0.4) is 0 Å². The Bertz CT molecular complexity index is 521. The maximum absolute atomic E-state index is 12.4. The Balaban J connectivity index is 1.94. The molecule has 5 nitrogen and oxygen atoms in total. The number of likely N-dealkylation sites (tertiary alicyclic amines) is 1. The van der Waals surface area contributed by atoms with Crippen molar-refractivity contribution >= 4 is 21.8 Å². The summed E-state index contributed by atoms with van der Waals surface area (Å²) in [6, 6.07) is 1.59. The number of halogens is 1. The Labute approximate surface area is 126 Å². The van der Waals surface area contributed by atoms with E-state index in [-0.39, 0.29) is 11.5 Å². The van der Waals surface area contributed by atoms with E-state index in [1.807, 2.05) is 11.9 Å². The summed E-state index contributed by atoms with van der Waals surface area (Å²) in [5, 5.41) is 3.17. The number of hydrogen-bond donors (Lipinski definition) is 2. The predicted octanol–water partition coefficient (Wildman–Crippen LogP) is 1.60. The largest absolute Gasteiger partial charge is 0.339 e. The number of piperidine rings is 1. The van der Waals surface area contributed by atoms with Gasteiger partial charge in [0.05, 0.1) is 10.0 Å². The Morgan fingerprint density at radius 3 is 2.80 bits per heavy atom. The van der Waals surface area contributed by atoms with Crippen LogP contribution in [0.1, 0.15) is 29.6 Å². The highest BCUT2D eigenvalue weighted by molar-refractivity contribution is 9.10. The van der Waals surface area contributed by atoms with Crippen molar-refractivity contribution in [3.63, 3.8) is 0 Å². The van der Waals surface area contributed by atoms with Gasteiger partial charge in [0, 0.05) is 19.3 Å². The van der Waals surface area contributed by atoms with Gasteiger partial charge in [-0.25, -0.2) is 0 Å². The van der Waals surface area contributed by atoms with Crippen LogP contribution in [0.15, 0.2) is 21.5 Å². The van der Waals surface area contributed by atoms with Gasteiger partial charge in [0.25, 0.3) is 11.5 Å². The van der Waals surface area contributed by atoms with E-state index in [4.69, 9.17) is 0 Å². The fourth-order valence-corrected chi connectivity index (χ4v) is 2.90. The molecule has 0 bridgehead atoms. The number of hydrogen-bond acceptors (Lipinski definition) is 3. The van der Waals surface area contributed by atoms with Crippen molar-refractivity contribution in [2.24, 2.45) is 5.92 Å². The van der Waals surface area contributed by atoms with Gasteiger partial charge in [-0.3, -0.25) is 9.59 Å². The topological polar surface area (TPSA) is 65.2 Å². The Kier molecular flexibility index (Phi) is 5.37. The Morgan fingerprint density at radius 1 is 1.50 bits per heavy atom. The summed E-state index contributed by atoms with van der Waals surface area (Å²) in [5.41, 5.74) is 0.317. The molecule has 1 amide bonds. The summed E-state index contributed by atoms with van der Waals surface area (Å²) < 4.78 is 0.396. The van der Waals surface area contributed by atoms with Crippen LogP contribution >= 0.6 is 15.9 Å². The number of amides is 1. The van der Waals surface area contributed by atoms with Gasteiger partial charge in [-0.15, -0.1) is 0 Å². The molecule has 1 aliphatic rings. The number of nitrogens with one attached hydrogen (secondary N) is 2. The fourth-order valence-electron chi connectivity index (χ4n) is 2.54. The molecule has 0 spiro atoms. The molecule has 0 atom stereocenters. The first-order chi connectivity index (χ1) is 9.61. The van der Waals surface area contributed by atoms with Gasteiger partial charge in [-0.1, -0.05) is 0 Å². The fraction of sp³-hybridized carbons (Fsp3) is 0.571. The van der Waals surface area contributed by atoms with Crippen molar-refractivity contribution in [3.8, 4) is 0 Å². The van der Waals surface area contributed by atoms with Crippen LogP contribution in [0, 0.1) is 5.92 Å². The van der Waals surface area contributed by atoms with E-state index in [1.54, 1.807) is 6.07 Å². The number of rotatable bonds is 4. The molecule has 0 aromatic carbocycles. The van der Waals surface area contributed by atoms with E-state index in [0.29, 0.717) is 16.0 Å². The Hall–Kier alpha value is -1.14. The van der Waals surface area contributed by atoms with Gasteiger partial charge < -0.3 is 15.2 Å². The van der Waals surface area contributed by atoms with E-state index in [9.17, 15) is 9.59 Å². The average molecular weight is 342 g/mol. The lowest BCUT2D eigenvalue weighted by molar-refractivity contribution is 0.0686. The number of pyridine rings is 1. The molecule has 0 aliphatic carbocycles. The van der Waals surface area contributed by atoms with E-state index >= 15 is 0 Å². The molecule has 1 fully saturated rings. The second-order valence-electron chi connectivity index (χ2n) is 5.19. The quantitative estimate of drug-likeness (QED) is 0.874. The van der Waals surface area contributed by atoms with E-state index < -0.39 is 0 Å². The van der Waals surface area contributed by atoms with Crippen molar-refractivity contribution in [1.82, 2.24) is 15.2 Å². The van der Waals surface area contributed by atoms with E-state index in [0.717, 1.165) is 32.5 Å². The monoisotopic (exact) mass is 341 g/mol. The van der Waals surface area contributed by atoms with Gasteiger partial charge >= 0.3 is 0 Å². The summed E-state index contributed by atoms with van der Waals surface area (Å²) >= 11 is 3.15. The van der Waals surface area contributed by atoms with Crippen LogP contribution in [-0.4, -0.2) is 42.5 Å². The van der Waals surface area contributed by atoms with Crippen LogP contribution in [0.25, 0.3) is 0 Å². The van der Waals surface area contributed by atoms with Gasteiger partial charge in [0.15, 0.2) is 0 Å². The lowest BCUT2D eigenvalue weighted by atomic mass is 9.93. The Morgan fingerprint density at radius 2 is 2.20 bits per heavy atom. The first-order valence-corrected chi connectivity index (χ1v) is 7.73. The molecule has 2 heterocycles. The van der Waals surface area contributed by atoms with E-state index in [2.05, 4.69) is 26.2 Å². The normalized spacial score (nSPS) is 16.4. The molecule has 1 aromatic heterocycles. The van der Waals surface area contributed by atoms with Gasteiger partial charge in [0.2, 0.25) is 0 Å². The lowest BCUT2D eigenvalue weighted by Crippen LogP contribution is -2.39. The minimum absolute atomic E-state index is 0.00554. The lowest BCUT2D eigenvalue weighted by Gasteiger charge is -2.32. The van der Waals surface area contributed by atoms with Crippen LogP contribution in [-0.2, 0) is 0 Å². The first-order valence-electron chi connectivity index (χ1n) is 6.94. The molecular formula is C14H20BrN3O2. The van der Waals surface area contributed by atoms with Gasteiger partial charge in [0.1, 0.15) is 0 Å². The SMILES string of the molecule is CNCCC1CCN(C(=O)c2c[nH]c(=O)c(Br)c2)CC1. The molecule has 20 heavy (non-hydrogen) atoms. The zero-order chi connectivity index (χ0) is 14.5. The zero-order valence-corrected chi connectivity index (χ0v) is 13.2. The second-order valence-corrected chi connectivity index (χ2v) is 6.05. The van der Waals surface area contributed by atoms with Crippen molar-refractivity contribution in [3.05, 3.63) is 32.7 Å². The third-order valence-corrected chi connectivity index (χ3v) is 4.40. The number of nitrogens with zero attached hydrogens (tertiary/aromatic N) is 1. The number of H-pyrrole nitrogens is 1. The van der Waals surface area contributed by atoms with Crippen LogP contribution in [0.2, 0.25) is 0 Å². The molecule has 0 saturated carbocycles. The highest BCUT2D eigenvalue weighted by atomic mass is 79.9. The van der Waals surface area contributed by atoms with Gasteiger partial charge in [-0.05, 0) is 60.8 Å². The highest BCUT2D eigenvalue weighted by Crippen LogP contribution is 2.21. The standard InChI is InChI=1S/C14H20BrN3O2/c1-16-5-2-10-3-6-18(7-4-10)14(20)11-8-12(15)13(19)17-9-11/h8-10,16H,2-7H2,1H3,(H,17,19). The molecule has 1 aliphatic heterocycles. The third-order valence-electron chi connectivity index (χ3n) is 3.81. The molecule has 1 saturated heterocycles. The van der Waals surface area contributed by atoms with Crippen molar-refractivity contribution in [2.75, 3.05) is 26.7 Å². The molecule has 1 aromatic rings. The summed E-state index contributed by atoms with van der Waals surface area (Å²) in [7, 11) is 1.96. The van der Waals surface area contributed by atoms with Crippen LogP contribution in [0.4, 0.5) is 0 Å².